The number of hydrogen-bond acceptors (Lipinski definition) is 6. The first-order chi connectivity index (χ1) is 16.5. The third kappa shape index (κ3) is 5.75. The Morgan fingerprint density at radius 2 is 1.36 bits per heavy atom. The molecule has 0 saturated carbocycles. The van der Waals surface area contributed by atoms with Gasteiger partial charge in [0.05, 0.1) is 10.6 Å². The summed E-state index contributed by atoms with van der Waals surface area (Å²) in [5.41, 5.74) is -8.64. The molecule has 0 saturated heterocycles. The van der Waals surface area contributed by atoms with Gasteiger partial charge in [-0.2, -0.15) is 26.3 Å². The molecule has 0 unspecified atom stereocenters. The van der Waals surface area contributed by atoms with E-state index in [0.29, 0.717) is 0 Å². The van der Waals surface area contributed by atoms with Crippen LogP contribution in [0.4, 0.5) is 26.3 Å². The molecule has 6 nitrogen and oxygen atoms in total. The van der Waals surface area contributed by atoms with Gasteiger partial charge in [-0.1, -0.05) is 56.9 Å². The molecular formula is C22H24F6N2O4S2. The monoisotopic (exact) mass is 558 g/mol. The predicted octanol–water partition coefficient (Wildman–Crippen LogP) is 5.50. The number of allylic oxidation sites excluding steroid dienone is 4. The van der Waals surface area contributed by atoms with Gasteiger partial charge in [0.2, 0.25) is 0 Å². The first kappa shape index (κ1) is 29.8. The van der Waals surface area contributed by atoms with Gasteiger partial charge in [0.25, 0.3) is 19.7 Å². The number of rotatable bonds is 7. The Hall–Kier alpha value is -2.45. The summed E-state index contributed by atoms with van der Waals surface area (Å²) >= 11 is 0. The lowest BCUT2D eigenvalue weighted by atomic mass is 9.95. The minimum atomic E-state index is -6.58. The molecule has 14 heteroatoms. The van der Waals surface area contributed by atoms with Gasteiger partial charge in [-0.15, -0.1) is 0 Å². The van der Waals surface area contributed by atoms with Crippen molar-refractivity contribution in [3.05, 3.63) is 56.9 Å². The van der Waals surface area contributed by atoms with Gasteiger partial charge in [-0.3, -0.25) is 5.41 Å². The molecule has 0 bridgehead atoms. The van der Waals surface area contributed by atoms with E-state index >= 15 is 0 Å². The summed E-state index contributed by atoms with van der Waals surface area (Å²) < 4.78 is 126. The van der Waals surface area contributed by atoms with Gasteiger partial charge in [-0.25, -0.2) is 16.8 Å². The van der Waals surface area contributed by atoms with Crippen LogP contribution in [0.2, 0.25) is 0 Å². The number of halogens is 6. The number of unbranched alkanes of at least 4 members (excludes halogenated alkanes) is 4. The van der Waals surface area contributed by atoms with Crippen LogP contribution in [0.5, 0.6) is 0 Å². The second kappa shape index (κ2) is 10.9. The molecule has 0 fully saturated rings. The molecule has 200 valence electrons. The molecule has 0 aliphatic heterocycles. The lowest BCUT2D eigenvalue weighted by molar-refractivity contribution is -0.0437. The summed E-state index contributed by atoms with van der Waals surface area (Å²) in [6, 6.07) is 5.69. The van der Waals surface area contributed by atoms with Crippen LogP contribution in [0, 0.1) is 5.41 Å². The molecule has 2 aliphatic rings. The smallest absolute Gasteiger partial charge is 0.330 e. The third-order valence-electron chi connectivity index (χ3n) is 5.31. The molecule has 0 atom stereocenters. The third-order valence-corrected chi connectivity index (χ3v) is 8.52. The lowest BCUT2D eigenvalue weighted by Gasteiger charge is -2.23. The van der Waals surface area contributed by atoms with Crippen LogP contribution in [0.25, 0.3) is 11.6 Å². The number of nitrogens with two attached hydrogens (primary N) is 1. The highest BCUT2D eigenvalue weighted by Gasteiger charge is 2.57. The highest BCUT2D eigenvalue weighted by atomic mass is 32.2. The van der Waals surface area contributed by atoms with Gasteiger partial charge >= 0.3 is 11.0 Å². The van der Waals surface area contributed by atoms with Crippen molar-refractivity contribution in [2.45, 2.75) is 50.0 Å². The number of nitrogens with one attached hydrogen (secondary N) is 1. The van der Waals surface area contributed by atoms with E-state index < -0.39 is 51.8 Å². The summed E-state index contributed by atoms with van der Waals surface area (Å²) in [7, 11) is -13.1. The standard InChI is InChI=1S/C15H7F6NO4S2.C7H17N/c16-14(17,18)27(23,24)11-6-9-8-4-2-1-3-7(8)5-10(9)12(22)13(11)28(25,26)15(19,20)21;1-2-3-4-5-6-7-8/h1-6,22H;2-8H2,1H3. The molecule has 3 N–H and O–H groups in total. The molecule has 0 aromatic heterocycles. The number of benzene rings is 1. The quantitative estimate of drug-likeness (QED) is 0.339. The minimum absolute atomic E-state index is 0.153. The van der Waals surface area contributed by atoms with Crippen LogP contribution in [0.3, 0.4) is 0 Å². The van der Waals surface area contributed by atoms with E-state index in [-0.39, 0.29) is 22.8 Å². The molecule has 3 rings (SSSR count). The van der Waals surface area contributed by atoms with Gasteiger partial charge in [0, 0.05) is 5.57 Å². The Morgan fingerprint density at radius 3 is 1.89 bits per heavy atom. The molecule has 36 heavy (non-hydrogen) atoms. The van der Waals surface area contributed by atoms with Crippen molar-refractivity contribution >= 4 is 37.0 Å². The van der Waals surface area contributed by atoms with Crippen LogP contribution < -0.4 is 5.73 Å². The van der Waals surface area contributed by atoms with Crippen LogP contribution >= 0.6 is 0 Å². The van der Waals surface area contributed by atoms with Crippen LogP contribution in [0.1, 0.15) is 50.2 Å². The summed E-state index contributed by atoms with van der Waals surface area (Å²) in [6.07, 6.45) is 7.92. The molecule has 2 aliphatic carbocycles. The number of alkyl halides is 6. The summed E-state index contributed by atoms with van der Waals surface area (Å²) in [6.45, 7) is 3.09. The second-order valence-corrected chi connectivity index (χ2v) is 11.7. The number of fused-ring (bicyclic) bond motifs is 3. The van der Waals surface area contributed by atoms with Crippen molar-refractivity contribution in [1.29, 1.82) is 5.41 Å². The van der Waals surface area contributed by atoms with Crippen molar-refractivity contribution in [3.63, 3.8) is 0 Å². The van der Waals surface area contributed by atoms with E-state index in [0.717, 1.165) is 12.6 Å². The molecule has 0 radical (unpaired) electrons. The zero-order valence-electron chi connectivity index (χ0n) is 19.0. The van der Waals surface area contributed by atoms with E-state index in [1.165, 1.54) is 56.4 Å². The maximum absolute atomic E-state index is 13.0. The SMILES string of the molecule is CCCCCCCN.N=C1C2=Cc3ccccc3C2=CC(S(=O)(=O)C(F)(F)F)=C1S(=O)(=O)C(F)(F)F. The molecule has 1 aromatic rings. The highest BCUT2D eigenvalue weighted by molar-refractivity contribution is 8.00. The van der Waals surface area contributed by atoms with Crippen molar-refractivity contribution in [3.8, 4) is 0 Å². The fraction of sp³-hybridized carbons (Fsp3) is 0.409. The zero-order valence-corrected chi connectivity index (χ0v) is 20.6. The van der Waals surface area contributed by atoms with E-state index in [1.54, 1.807) is 0 Å². The molecule has 0 amide bonds. The molecule has 0 spiro atoms. The largest absolute Gasteiger partial charge is 0.502 e. The Labute approximate surface area is 204 Å². The highest BCUT2D eigenvalue weighted by Crippen LogP contribution is 2.47. The average Bonchev–Trinajstić information content (AvgIpc) is 3.15. The normalized spacial score (nSPS) is 16.1. The Bertz CT molecular complexity index is 1320. The first-order valence-electron chi connectivity index (χ1n) is 10.7. The molecule has 0 heterocycles. The molecular weight excluding hydrogens is 534 g/mol. The van der Waals surface area contributed by atoms with E-state index in [4.69, 9.17) is 11.1 Å². The fourth-order valence-electron chi connectivity index (χ4n) is 3.51. The van der Waals surface area contributed by atoms with Crippen molar-refractivity contribution in [2.24, 2.45) is 5.73 Å². The topological polar surface area (TPSA) is 118 Å². The molecule has 1 aromatic carbocycles. The summed E-state index contributed by atoms with van der Waals surface area (Å²) in [5, 5.41) is 7.82. The first-order valence-corrected chi connectivity index (χ1v) is 13.7. The van der Waals surface area contributed by atoms with Crippen molar-refractivity contribution in [1.82, 2.24) is 0 Å². The minimum Gasteiger partial charge on any atom is -0.330 e. The van der Waals surface area contributed by atoms with Gasteiger partial charge in [-0.05, 0) is 41.8 Å². The number of sulfone groups is 2. The summed E-state index contributed by atoms with van der Waals surface area (Å²) in [4.78, 5) is -4.38. The predicted molar refractivity (Wildman–Crippen MR) is 125 cm³/mol. The maximum Gasteiger partial charge on any atom is 0.502 e. The zero-order chi connectivity index (χ0) is 27.5. The van der Waals surface area contributed by atoms with Crippen LogP contribution in [-0.2, 0) is 19.7 Å². The maximum atomic E-state index is 13.0. The van der Waals surface area contributed by atoms with Crippen molar-refractivity contribution < 1.29 is 43.2 Å². The number of hydrogen-bond donors (Lipinski definition) is 2. The Kier molecular flexibility index (Phi) is 9.01. The van der Waals surface area contributed by atoms with E-state index in [2.05, 4.69) is 6.92 Å². The Morgan fingerprint density at radius 1 is 0.806 bits per heavy atom. The van der Waals surface area contributed by atoms with Crippen LogP contribution in [-0.4, -0.2) is 40.1 Å². The van der Waals surface area contributed by atoms with Crippen molar-refractivity contribution in [2.75, 3.05) is 6.54 Å². The van der Waals surface area contributed by atoms with Crippen LogP contribution in [0.15, 0.2) is 45.7 Å². The van der Waals surface area contributed by atoms with E-state index in [1.807, 2.05) is 0 Å². The lowest BCUT2D eigenvalue weighted by Crippen LogP contribution is -2.35. The fourth-order valence-corrected chi connectivity index (χ4v) is 5.97. The van der Waals surface area contributed by atoms with Gasteiger partial charge < -0.3 is 5.73 Å². The summed E-state index contributed by atoms with van der Waals surface area (Å²) in [5.74, 6) is 0. The average molecular weight is 559 g/mol. The van der Waals surface area contributed by atoms with Gasteiger partial charge in [0.1, 0.15) is 4.91 Å². The second-order valence-electron chi connectivity index (χ2n) is 7.87. The Balaban J connectivity index is 0.000000493. The van der Waals surface area contributed by atoms with E-state index in [9.17, 15) is 43.2 Å². The van der Waals surface area contributed by atoms with Gasteiger partial charge in [0.15, 0.2) is 0 Å².